The molecule has 2 fully saturated rings. The van der Waals surface area contributed by atoms with E-state index in [1.165, 1.54) is 12.8 Å². The highest BCUT2D eigenvalue weighted by Gasteiger charge is 2.24. The van der Waals surface area contributed by atoms with Crippen LogP contribution >= 0.6 is 0 Å². The van der Waals surface area contributed by atoms with Crippen LogP contribution in [-0.2, 0) is 9.53 Å². The van der Waals surface area contributed by atoms with E-state index in [2.05, 4.69) is 5.32 Å². The lowest BCUT2D eigenvalue weighted by atomic mass is 9.94. The van der Waals surface area contributed by atoms with Gasteiger partial charge in [-0.2, -0.15) is 0 Å². The second-order valence-electron chi connectivity index (χ2n) is 6.04. The maximum Gasteiger partial charge on any atom is 0.317 e. The van der Waals surface area contributed by atoms with Crippen molar-refractivity contribution in [2.45, 2.75) is 51.0 Å². The Hall–Kier alpha value is -1.30. The van der Waals surface area contributed by atoms with Crippen LogP contribution in [0, 0.1) is 5.92 Å². The average molecular weight is 298 g/mol. The van der Waals surface area contributed by atoms with Crippen LogP contribution in [0.2, 0.25) is 0 Å². The molecule has 21 heavy (non-hydrogen) atoms. The number of nitrogens with one attached hydrogen (secondary N) is 1. The van der Waals surface area contributed by atoms with E-state index in [0.29, 0.717) is 32.3 Å². The Morgan fingerprint density at radius 3 is 2.43 bits per heavy atom. The van der Waals surface area contributed by atoms with E-state index in [9.17, 15) is 9.59 Å². The summed E-state index contributed by atoms with van der Waals surface area (Å²) in [5.74, 6) is -0.542. The van der Waals surface area contributed by atoms with E-state index in [1.54, 1.807) is 4.90 Å². The van der Waals surface area contributed by atoms with Crippen LogP contribution in [0.3, 0.4) is 0 Å². The highest BCUT2D eigenvalue weighted by molar-refractivity contribution is 5.74. The quantitative estimate of drug-likeness (QED) is 0.733. The second kappa shape index (κ2) is 8.22. The van der Waals surface area contributed by atoms with Gasteiger partial charge in [0.05, 0.1) is 12.7 Å². The van der Waals surface area contributed by atoms with Gasteiger partial charge in [-0.15, -0.1) is 0 Å². The van der Waals surface area contributed by atoms with Gasteiger partial charge >= 0.3 is 12.0 Å². The molecule has 0 aromatic heterocycles. The fourth-order valence-electron chi connectivity index (χ4n) is 3.14. The number of carbonyl (C=O) groups excluding carboxylic acids is 1. The number of carboxylic acids is 1. The maximum atomic E-state index is 12.0. The number of piperidine rings is 1. The van der Waals surface area contributed by atoms with Crippen LogP contribution in [0.15, 0.2) is 0 Å². The van der Waals surface area contributed by atoms with Gasteiger partial charge in [0.15, 0.2) is 0 Å². The summed E-state index contributed by atoms with van der Waals surface area (Å²) >= 11 is 0. The van der Waals surface area contributed by atoms with Gasteiger partial charge in [0.25, 0.3) is 0 Å². The van der Waals surface area contributed by atoms with Crippen LogP contribution < -0.4 is 5.32 Å². The maximum absolute atomic E-state index is 12.0. The minimum Gasteiger partial charge on any atom is -0.481 e. The fraction of sp³-hybridized carbons (Fsp3) is 0.867. The molecule has 1 saturated heterocycles. The van der Waals surface area contributed by atoms with E-state index >= 15 is 0 Å². The molecule has 0 atom stereocenters. The van der Waals surface area contributed by atoms with Gasteiger partial charge in [-0.25, -0.2) is 4.79 Å². The van der Waals surface area contributed by atoms with E-state index < -0.39 is 5.97 Å². The predicted molar refractivity (Wildman–Crippen MR) is 78.2 cm³/mol. The third-order valence-corrected chi connectivity index (χ3v) is 4.40. The Kier molecular flexibility index (Phi) is 6.29. The molecule has 0 aromatic rings. The van der Waals surface area contributed by atoms with Crippen molar-refractivity contribution < 1.29 is 19.4 Å². The Balaban J connectivity index is 1.55. The van der Waals surface area contributed by atoms with Crippen molar-refractivity contribution >= 4 is 12.0 Å². The lowest BCUT2D eigenvalue weighted by Crippen LogP contribution is -2.45. The molecule has 1 aliphatic heterocycles. The molecule has 0 unspecified atom stereocenters. The minimum absolute atomic E-state index is 0.0567. The first kappa shape index (κ1) is 16.1. The first-order valence-corrected chi connectivity index (χ1v) is 8.01. The Labute approximate surface area is 125 Å². The standard InChI is InChI=1S/C15H26N2O4/c18-14(19)11-12-5-8-17(9-6-12)15(20)16-7-10-21-13-3-1-2-4-13/h12-13H,1-11H2,(H,16,20)(H,18,19). The summed E-state index contributed by atoms with van der Waals surface area (Å²) in [5, 5.41) is 11.6. The van der Waals surface area contributed by atoms with Crippen LogP contribution in [0.1, 0.15) is 44.9 Å². The van der Waals surface area contributed by atoms with Gasteiger partial charge in [-0.05, 0) is 31.6 Å². The number of rotatable bonds is 6. The van der Waals surface area contributed by atoms with Gasteiger partial charge < -0.3 is 20.1 Å². The fourth-order valence-corrected chi connectivity index (χ4v) is 3.14. The van der Waals surface area contributed by atoms with Crippen molar-refractivity contribution in [3.63, 3.8) is 0 Å². The zero-order valence-corrected chi connectivity index (χ0v) is 12.6. The third kappa shape index (κ3) is 5.53. The molecular formula is C15H26N2O4. The molecule has 2 rings (SSSR count). The second-order valence-corrected chi connectivity index (χ2v) is 6.04. The number of amides is 2. The Morgan fingerprint density at radius 2 is 1.81 bits per heavy atom. The van der Waals surface area contributed by atoms with Gasteiger partial charge in [-0.1, -0.05) is 12.8 Å². The average Bonchev–Trinajstić information content (AvgIpc) is 2.97. The van der Waals surface area contributed by atoms with E-state index in [-0.39, 0.29) is 18.4 Å². The predicted octanol–water partition coefficient (Wildman–Crippen LogP) is 1.84. The number of nitrogens with zero attached hydrogens (tertiary/aromatic N) is 1. The van der Waals surface area contributed by atoms with Crippen LogP contribution in [0.25, 0.3) is 0 Å². The molecule has 0 aromatic carbocycles. The highest BCUT2D eigenvalue weighted by atomic mass is 16.5. The Morgan fingerprint density at radius 1 is 1.14 bits per heavy atom. The van der Waals surface area contributed by atoms with E-state index in [4.69, 9.17) is 9.84 Å². The number of hydrogen-bond acceptors (Lipinski definition) is 3. The van der Waals surface area contributed by atoms with Gasteiger partial charge in [0.1, 0.15) is 0 Å². The Bertz CT molecular complexity index is 348. The van der Waals surface area contributed by atoms with Crippen molar-refractivity contribution in [1.29, 1.82) is 0 Å². The third-order valence-electron chi connectivity index (χ3n) is 4.40. The summed E-state index contributed by atoms with van der Waals surface area (Å²) in [6.07, 6.45) is 6.94. The molecule has 0 bridgehead atoms. The SMILES string of the molecule is O=C(O)CC1CCN(C(=O)NCCOC2CCCC2)CC1. The minimum atomic E-state index is -0.748. The van der Waals surface area contributed by atoms with Gasteiger partial charge in [0.2, 0.25) is 0 Å². The smallest absolute Gasteiger partial charge is 0.317 e. The van der Waals surface area contributed by atoms with Crippen molar-refractivity contribution in [1.82, 2.24) is 10.2 Å². The van der Waals surface area contributed by atoms with Crippen LogP contribution in [-0.4, -0.2) is 54.4 Å². The molecule has 1 saturated carbocycles. The first-order chi connectivity index (χ1) is 10.1. The lowest BCUT2D eigenvalue weighted by Gasteiger charge is -2.31. The normalized spacial score (nSPS) is 20.7. The van der Waals surface area contributed by atoms with Crippen LogP contribution in [0.4, 0.5) is 4.79 Å². The molecular weight excluding hydrogens is 272 g/mol. The monoisotopic (exact) mass is 298 g/mol. The van der Waals surface area contributed by atoms with Crippen molar-refractivity contribution in [3.8, 4) is 0 Å². The summed E-state index contributed by atoms with van der Waals surface area (Å²) in [4.78, 5) is 24.4. The first-order valence-electron chi connectivity index (χ1n) is 8.01. The molecule has 2 aliphatic rings. The largest absolute Gasteiger partial charge is 0.481 e. The topological polar surface area (TPSA) is 78.9 Å². The molecule has 1 aliphatic carbocycles. The number of hydrogen-bond donors (Lipinski definition) is 2. The zero-order valence-electron chi connectivity index (χ0n) is 12.6. The van der Waals surface area contributed by atoms with Crippen LogP contribution in [0.5, 0.6) is 0 Å². The molecule has 1 heterocycles. The number of aliphatic carboxylic acids is 1. The number of ether oxygens (including phenoxy) is 1. The number of likely N-dealkylation sites (tertiary alicyclic amines) is 1. The summed E-state index contributed by atoms with van der Waals surface area (Å²) in [6.45, 7) is 2.41. The molecule has 0 radical (unpaired) electrons. The summed E-state index contributed by atoms with van der Waals surface area (Å²) < 4.78 is 5.70. The summed E-state index contributed by atoms with van der Waals surface area (Å²) in [7, 11) is 0. The zero-order chi connectivity index (χ0) is 15.1. The molecule has 2 N–H and O–H groups in total. The van der Waals surface area contributed by atoms with Crippen molar-refractivity contribution in [2.24, 2.45) is 5.92 Å². The summed E-state index contributed by atoms with van der Waals surface area (Å²) in [5.41, 5.74) is 0. The molecule has 2 amide bonds. The number of carboxylic acid groups (broad SMARTS) is 1. The number of carbonyl (C=O) groups is 2. The van der Waals surface area contributed by atoms with Crippen molar-refractivity contribution in [2.75, 3.05) is 26.2 Å². The molecule has 120 valence electrons. The van der Waals surface area contributed by atoms with Gasteiger partial charge in [-0.3, -0.25) is 4.79 Å². The molecule has 6 heteroatoms. The lowest BCUT2D eigenvalue weighted by molar-refractivity contribution is -0.138. The summed E-state index contributed by atoms with van der Waals surface area (Å²) in [6, 6.07) is -0.0567. The van der Waals surface area contributed by atoms with E-state index in [1.807, 2.05) is 0 Å². The van der Waals surface area contributed by atoms with E-state index in [0.717, 1.165) is 25.7 Å². The number of urea groups is 1. The van der Waals surface area contributed by atoms with Crippen molar-refractivity contribution in [3.05, 3.63) is 0 Å². The molecule has 6 nitrogen and oxygen atoms in total. The molecule has 0 spiro atoms. The highest BCUT2D eigenvalue weighted by Crippen LogP contribution is 2.21. The van der Waals surface area contributed by atoms with Gasteiger partial charge in [0, 0.05) is 26.1 Å².